The lowest BCUT2D eigenvalue weighted by molar-refractivity contribution is 0.103. The van der Waals surface area contributed by atoms with Gasteiger partial charge in [0.2, 0.25) is 0 Å². The number of carbonyl (C=O) groups is 1. The van der Waals surface area contributed by atoms with Gasteiger partial charge in [0.1, 0.15) is 10.5 Å². The zero-order chi connectivity index (χ0) is 17.7. The van der Waals surface area contributed by atoms with Crippen molar-refractivity contribution in [2.24, 2.45) is 0 Å². The zero-order valence-corrected chi connectivity index (χ0v) is 14.7. The third-order valence-corrected chi connectivity index (χ3v) is 5.69. The van der Waals surface area contributed by atoms with Crippen molar-refractivity contribution in [2.75, 3.05) is 5.32 Å². The maximum Gasteiger partial charge on any atom is 0.265 e. The number of carbonyl (C=O) groups excluding carboxylic acids is 1. The van der Waals surface area contributed by atoms with Crippen LogP contribution >= 0.6 is 22.7 Å². The van der Waals surface area contributed by atoms with Crippen LogP contribution in [0.1, 0.15) is 9.67 Å². The fourth-order valence-corrected chi connectivity index (χ4v) is 4.43. The Labute approximate surface area is 154 Å². The van der Waals surface area contributed by atoms with E-state index < -0.39 is 5.82 Å². The van der Waals surface area contributed by atoms with E-state index in [0.29, 0.717) is 16.3 Å². The number of nitrogens with zero attached hydrogens (tertiary/aromatic N) is 4. The zero-order valence-electron chi connectivity index (χ0n) is 13.1. The van der Waals surface area contributed by atoms with Crippen LogP contribution in [0.25, 0.3) is 21.0 Å². The predicted octanol–water partition coefficient (Wildman–Crippen LogP) is 4.19. The highest BCUT2D eigenvalue weighted by atomic mass is 32.1. The maximum atomic E-state index is 14.3. The Bertz CT molecular complexity index is 1250. The molecule has 1 amide bonds. The van der Waals surface area contributed by atoms with Crippen molar-refractivity contribution in [1.29, 1.82) is 0 Å². The summed E-state index contributed by atoms with van der Waals surface area (Å²) in [6.45, 7) is 0. The van der Waals surface area contributed by atoms with Crippen LogP contribution in [0.4, 0.5) is 10.1 Å². The Morgan fingerprint density at radius 1 is 1.23 bits per heavy atom. The highest BCUT2D eigenvalue weighted by Crippen LogP contribution is 2.29. The van der Waals surface area contributed by atoms with Crippen LogP contribution in [0.3, 0.4) is 0 Å². The standard InChI is InChI=1S/C17H10FN5OS2/c18-11-8-10(2-3-12(11)23-5-1-4-19-23)20-15(24)14-9-13-16(26-14)21-17-22(13)6-7-25-17/h1-9H,(H,20,24). The van der Waals surface area contributed by atoms with Crippen molar-refractivity contribution < 1.29 is 9.18 Å². The van der Waals surface area contributed by atoms with Gasteiger partial charge in [0, 0.05) is 29.7 Å². The van der Waals surface area contributed by atoms with E-state index in [9.17, 15) is 9.18 Å². The fourth-order valence-electron chi connectivity index (χ4n) is 2.73. The van der Waals surface area contributed by atoms with E-state index in [4.69, 9.17) is 0 Å². The number of thiazole rings is 1. The van der Waals surface area contributed by atoms with Gasteiger partial charge in [0.05, 0.1) is 10.4 Å². The number of thiophene rings is 1. The fraction of sp³-hybridized carbons (Fsp3) is 0. The number of anilines is 1. The molecule has 26 heavy (non-hydrogen) atoms. The van der Waals surface area contributed by atoms with Gasteiger partial charge < -0.3 is 5.32 Å². The summed E-state index contributed by atoms with van der Waals surface area (Å²) in [5, 5.41) is 8.69. The summed E-state index contributed by atoms with van der Waals surface area (Å²) in [7, 11) is 0. The molecular formula is C17H10FN5OS2. The average molecular weight is 383 g/mol. The minimum atomic E-state index is -0.464. The molecule has 9 heteroatoms. The molecule has 0 spiro atoms. The highest BCUT2D eigenvalue weighted by molar-refractivity contribution is 7.21. The third-order valence-electron chi connectivity index (χ3n) is 3.92. The third kappa shape index (κ3) is 2.40. The Kier molecular flexibility index (Phi) is 3.37. The first kappa shape index (κ1) is 15.2. The number of rotatable bonds is 3. The molecule has 0 unspecified atom stereocenters. The lowest BCUT2D eigenvalue weighted by atomic mass is 10.2. The first-order valence-electron chi connectivity index (χ1n) is 7.65. The molecule has 6 nitrogen and oxygen atoms in total. The molecule has 0 aliphatic heterocycles. The van der Waals surface area contributed by atoms with Gasteiger partial charge in [-0.2, -0.15) is 5.10 Å². The van der Waals surface area contributed by atoms with Crippen LogP contribution in [-0.4, -0.2) is 25.1 Å². The quantitative estimate of drug-likeness (QED) is 0.508. The van der Waals surface area contributed by atoms with Gasteiger partial charge in [0.25, 0.3) is 5.91 Å². The summed E-state index contributed by atoms with van der Waals surface area (Å²) >= 11 is 2.86. The molecule has 0 fully saturated rings. The molecule has 5 rings (SSSR count). The van der Waals surface area contributed by atoms with Gasteiger partial charge in [-0.3, -0.25) is 9.20 Å². The highest BCUT2D eigenvalue weighted by Gasteiger charge is 2.16. The lowest BCUT2D eigenvalue weighted by Gasteiger charge is -2.07. The smallest absolute Gasteiger partial charge is 0.265 e. The summed E-state index contributed by atoms with van der Waals surface area (Å²) in [4.78, 5) is 19.2. The van der Waals surface area contributed by atoms with Crippen LogP contribution in [0.2, 0.25) is 0 Å². The molecule has 0 atom stereocenters. The summed E-state index contributed by atoms with van der Waals surface area (Å²) in [6.07, 6.45) is 5.16. The molecule has 0 aliphatic carbocycles. The van der Waals surface area contributed by atoms with Gasteiger partial charge in [-0.15, -0.1) is 22.7 Å². The molecular weight excluding hydrogens is 373 g/mol. The lowest BCUT2D eigenvalue weighted by Crippen LogP contribution is -2.10. The Morgan fingerprint density at radius 3 is 2.96 bits per heavy atom. The number of nitrogens with one attached hydrogen (secondary N) is 1. The van der Waals surface area contributed by atoms with Crippen molar-refractivity contribution in [3.05, 3.63) is 65.0 Å². The normalized spacial score (nSPS) is 11.4. The number of aromatic nitrogens is 4. The Hall–Kier alpha value is -3.04. The monoisotopic (exact) mass is 383 g/mol. The molecule has 4 aromatic heterocycles. The predicted molar refractivity (Wildman–Crippen MR) is 99.9 cm³/mol. The van der Waals surface area contributed by atoms with Crippen LogP contribution in [-0.2, 0) is 0 Å². The van der Waals surface area contributed by atoms with E-state index in [2.05, 4.69) is 15.4 Å². The molecule has 4 heterocycles. The van der Waals surface area contributed by atoms with Crippen LogP contribution in [0.5, 0.6) is 0 Å². The van der Waals surface area contributed by atoms with Crippen molar-refractivity contribution >= 4 is 49.6 Å². The average Bonchev–Trinajstić information content (AvgIpc) is 3.37. The molecule has 0 bridgehead atoms. The number of amides is 1. The topological polar surface area (TPSA) is 64.2 Å². The maximum absolute atomic E-state index is 14.3. The SMILES string of the molecule is O=C(Nc1ccc(-n2cccn2)c(F)c1)c1cc2c(nc3sccn32)s1. The van der Waals surface area contributed by atoms with Crippen molar-refractivity contribution in [2.45, 2.75) is 0 Å². The van der Waals surface area contributed by atoms with Gasteiger partial charge in [-0.05, 0) is 30.3 Å². The second-order valence-electron chi connectivity index (χ2n) is 5.54. The summed E-state index contributed by atoms with van der Waals surface area (Å²) < 4.78 is 17.7. The van der Waals surface area contributed by atoms with E-state index in [-0.39, 0.29) is 5.91 Å². The van der Waals surface area contributed by atoms with Crippen LogP contribution in [0.15, 0.2) is 54.3 Å². The Morgan fingerprint density at radius 2 is 2.15 bits per heavy atom. The first-order chi connectivity index (χ1) is 12.7. The van der Waals surface area contributed by atoms with E-state index >= 15 is 0 Å². The van der Waals surface area contributed by atoms with E-state index in [0.717, 1.165) is 15.3 Å². The molecule has 0 radical (unpaired) electrons. The van der Waals surface area contributed by atoms with Gasteiger partial charge in [-0.25, -0.2) is 14.1 Å². The molecule has 0 saturated heterocycles. The number of imidazole rings is 1. The number of halogens is 1. The second-order valence-corrected chi connectivity index (χ2v) is 7.44. The second kappa shape index (κ2) is 5.75. The molecule has 1 aromatic carbocycles. The number of benzene rings is 1. The Balaban J connectivity index is 1.42. The van der Waals surface area contributed by atoms with Gasteiger partial charge in [0.15, 0.2) is 10.8 Å². The minimum Gasteiger partial charge on any atom is -0.321 e. The van der Waals surface area contributed by atoms with Crippen molar-refractivity contribution in [1.82, 2.24) is 19.2 Å². The van der Waals surface area contributed by atoms with Crippen LogP contribution < -0.4 is 5.32 Å². The summed E-state index contributed by atoms with van der Waals surface area (Å²) in [5.74, 6) is -0.753. The first-order valence-corrected chi connectivity index (χ1v) is 9.35. The largest absolute Gasteiger partial charge is 0.321 e. The summed E-state index contributed by atoms with van der Waals surface area (Å²) in [6, 6.07) is 8.03. The number of hydrogen-bond acceptors (Lipinski definition) is 5. The number of hydrogen-bond donors (Lipinski definition) is 1. The minimum absolute atomic E-state index is 0.289. The van der Waals surface area contributed by atoms with E-state index in [1.165, 1.54) is 22.1 Å². The molecule has 1 N–H and O–H groups in total. The van der Waals surface area contributed by atoms with Crippen molar-refractivity contribution in [3.63, 3.8) is 0 Å². The van der Waals surface area contributed by atoms with E-state index in [1.54, 1.807) is 48.0 Å². The molecule has 0 aliphatic rings. The molecule has 0 saturated carbocycles. The van der Waals surface area contributed by atoms with E-state index in [1.807, 2.05) is 16.0 Å². The number of fused-ring (bicyclic) bond motifs is 3. The summed E-state index contributed by atoms with van der Waals surface area (Å²) in [5.41, 5.74) is 1.61. The van der Waals surface area contributed by atoms with Crippen molar-refractivity contribution in [3.8, 4) is 5.69 Å². The molecule has 128 valence electrons. The molecule has 5 aromatic rings. The van der Waals surface area contributed by atoms with Gasteiger partial charge in [-0.1, -0.05) is 0 Å². The van der Waals surface area contributed by atoms with Gasteiger partial charge >= 0.3 is 0 Å². The van der Waals surface area contributed by atoms with Crippen LogP contribution in [0, 0.1) is 5.82 Å².